The van der Waals surface area contributed by atoms with Gasteiger partial charge in [-0.05, 0) is 22.0 Å². The second-order valence-electron chi connectivity index (χ2n) is 3.27. The second kappa shape index (κ2) is 5.11. The van der Waals surface area contributed by atoms with E-state index in [0.29, 0.717) is 21.7 Å². The highest BCUT2D eigenvalue weighted by Gasteiger charge is 2.07. The molecule has 0 atom stereocenters. The lowest BCUT2D eigenvalue weighted by atomic mass is 10.2. The van der Waals surface area contributed by atoms with Crippen LogP contribution in [0.5, 0.6) is 11.8 Å². The van der Waals surface area contributed by atoms with Crippen molar-refractivity contribution in [2.24, 2.45) is 0 Å². The highest BCUT2D eigenvalue weighted by Crippen LogP contribution is 2.24. The average molecular weight is 296 g/mol. The summed E-state index contributed by atoms with van der Waals surface area (Å²) < 4.78 is 6.01. The number of hydrogen-bond acceptors (Lipinski definition) is 5. The number of ether oxygens (including phenoxy) is 1. The zero-order valence-corrected chi connectivity index (χ0v) is 10.4. The van der Waals surface area contributed by atoms with Gasteiger partial charge in [0.2, 0.25) is 0 Å². The molecule has 17 heavy (non-hydrogen) atoms. The number of aromatic nitrogens is 2. The zero-order valence-electron chi connectivity index (χ0n) is 8.80. The van der Waals surface area contributed by atoms with Crippen LogP contribution in [-0.4, -0.2) is 15.1 Å². The molecule has 0 aliphatic rings. The van der Waals surface area contributed by atoms with Crippen LogP contribution < -0.4 is 10.5 Å². The first-order chi connectivity index (χ1) is 8.19. The first-order valence-electron chi connectivity index (χ1n) is 4.85. The van der Waals surface area contributed by atoms with Crippen LogP contribution in [0.25, 0.3) is 0 Å². The summed E-state index contributed by atoms with van der Waals surface area (Å²) in [5, 5.41) is 9.15. The molecule has 0 aliphatic heterocycles. The smallest absolute Gasteiger partial charge is 0.325 e. The molecular formula is C11H10BrN3O2. The van der Waals surface area contributed by atoms with E-state index in [1.165, 1.54) is 0 Å². The Morgan fingerprint density at radius 2 is 2.06 bits per heavy atom. The lowest BCUT2D eigenvalue weighted by molar-refractivity contribution is 0.275. The monoisotopic (exact) mass is 295 g/mol. The van der Waals surface area contributed by atoms with E-state index in [2.05, 4.69) is 25.9 Å². The Morgan fingerprint density at radius 1 is 1.29 bits per heavy atom. The Bertz CT molecular complexity index is 514. The van der Waals surface area contributed by atoms with E-state index in [0.717, 1.165) is 0 Å². The normalized spacial score (nSPS) is 10.2. The van der Waals surface area contributed by atoms with E-state index in [1.54, 1.807) is 24.3 Å². The number of benzene rings is 1. The van der Waals surface area contributed by atoms with E-state index < -0.39 is 0 Å². The molecule has 1 heterocycles. The Morgan fingerprint density at radius 3 is 2.76 bits per heavy atom. The van der Waals surface area contributed by atoms with Gasteiger partial charge in [0.15, 0.2) is 0 Å². The predicted octanol–water partition coefficient (Wildman–Crippen LogP) is 2.11. The molecule has 3 N–H and O–H groups in total. The van der Waals surface area contributed by atoms with Gasteiger partial charge in [0, 0.05) is 11.6 Å². The van der Waals surface area contributed by atoms with Gasteiger partial charge in [-0.2, -0.15) is 9.97 Å². The topological polar surface area (TPSA) is 81.3 Å². The number of halogens is 1. The number of para-hydroxylation sites is 1. The van der Waals surface area contributed by atoms with Crippen molar-refractivity contribution >= 4 is 21.7 Å². The van der Waals surface area contributed by atoms with Crippen molar-refractivity contribution in [3.05, 3.63) is 40.5 Å². The third-order valence-corrected chi connectivity index (χ3v) is 2.44. The number of aliphatic hydroxyl groups is 1. The van der Waals surface area contributed by atoms with Gasteiger partial charge >= 0.3 is 6.01 Å². The van der Waals surface area contributed by atoms with Gasteiger partial charge in [-0.1, -0.05) is 18.2 Å². The number of rotatable bonds is 3. The summed E-state index contributed by atoms with van der Waals surface area (Å²) in [5.41, 5.74) is 6.23. The van der Waals surface area contributed by atoms with E-state index >= 15 is 0 Å². The third kappa shape index (κ3) is 2.92. The van der Waals surface area contributed by atoms with Crippen LogP contribution in [0, 0.1) is 0 Å². The summed E-state index contributed by atoms with van der Waals surface area (Å²) in [6.45, 7) is -0.111. The molecule has 88 valence electrons. The zero-order chi connectivity index (χ0) is 12.3. The minimum atomic E-state index is -0.111. The van der Waals surface area contributed by atoms with Crippen molar-refractivity contribution < 1.29 is 9.84 Å². The Kier molecular flexibility index (Phi) is 3.55. The molecule has 2 aromatic rings. The number of nitrogens with two attached hydrogens (primary N) is 1. The van der Waals surface area contributed by atoms with Gasteiger partial charge in [0.05, 0.1) is 6.61 Å². The molecule has 0 bridgehead atoms. The molecule has 6 heteroatoms. The standard InChI is InChI=1S/C11H10BrN3O2/c12-9-5-10(13)15-11(14-9)17-8-4-2-1-3-7(8)6-16/h1-5,16H,6H2,(H2,13,14,15). The minimum absolute atomic E-state index is 0.111. The molecule has 2 rings (SSSR count). The van der Waals surface area contributed by atoms with Crippen molar-refractivity contribution in [2.45, 2.75) is 6.61 Å². The van der Waals surface area contributed by atoms with Gasteiger partial charge in [0.1, 0.15) is 16.2 Å². The van der Waals surface area contributed by atoms with Gasteiger partial charge in [-0.15, -0.1) is 0 Å². The summed E-state index contributed by atoms with van der Waals surface area (Å²) >= 11 is 3.20. The Balaban J connectivity index is 2.31. The molecule has 0 amide bonds. The number of nitrogens with zero attached hydrogens (tertiary/aromatic N) is 2. The Labute approximate surface area is 106 Å². The van der Waals surface area contributed by atoms with Crippen LogP contribution in [0.2, 0.25) is 0 Å². The number of hydrogen-bond donors (Lipinski definition) is 2. The quantitative estimate of drug-likeness (QED) is 0.848. The van der Waals surface area contributed by atoms with Gasteiger partial charge in [-0.3, -0.25) is 0 Å². The lowest BCUT2D eigenvalue weighted by Gasteiger charge is -2.08. The molecule has 0 radical (unpaired) electrons. The number of anilines is 1. The van der Waals surface area contributed by atoms with Crippen LogP contribution >= 0.6 is 15.9 Å². The molecule has 0 saturated heterocycles. The molecule has 0 fully saturated rings. The van der Waals surface area contributed by atoms with Crippen molar-refractivity contribution in [2.75, 3.05) is 5.73 Å². The fourth-order valence-corrected chi connectivity index (χ4v) is 1.68. The average Bonchev–Trinajstić information content (AvgIpc) is 2.28. The summed E-state index contributed by atoms with van der Waals surface area (Å²) in [4.78, 5) is 7.96. The maximum absolute atomic E-state index is 9.15. The van der Waals surface area contributed by atoms with Crippen molar-refractivity contribution in [1.82, 2.24) is 9.97 Å². The maximum Gasteiger partial charge on any atom is 0.325 e. The maximum atomic E-state index is 9.15. The summed E-state index contributed by atoms with van der Waals surface area (Å²) in [6.07, 6.45) is 0. The summed E-state index contributed by atoms with van der Waals surface area (Å²) in [6, 6.07) is 8.82. The van der Waals surface area contributed by atoms with Crippen molar-refractivity contribution in [1.29, 1.82) is 0 Å². The highest BCUT2D eigenvalue weighted by molar-refractivity contribution is 9.10. The van der Waals surface area contributed by atoms with Gasteiger partial charge < -0.3 is 15.6 Å². The van der Waals surface area contributed by atoms with Crippen LogP contribution in [0.15, 0.2) is 34.9 Å². The van der Waals surface area contributed by atoms with E-state index in [1.807, 2.05) is 6.07 Å². The molecular weight excluding hydrogens is 286 g/mol. The SMILES string of the molecule is Nc1cc(Br)nc(Oc2ccccc2CO)n1. The van der Waals surface area contributed by atoms with Crippen molar-refractivity contribution in [3.8, 4) is 11.8 Å². The fraction of sp³-hybridized carbons (Fsp3) is 0.0909. The minimum Gasteiger partial charge on any atom is -0.424 e. The molecule has 0 unspecified atom stereocenters. The molecule has 0 spiro atoms. The molecule has 1 aromatic heterocycles. The van der Waals surface area contributed by atoms with E-state index in [-0.39, 0.29) is 12.6 Å². The molecule has 5 nitrogen and oxygen atoms in total. The predicted molar refractivity (Wildman–Crippen MR) is 66.6 cm³/mol. The summed E-state index contributed by atoms with van der Waals surface area (Å²) in [7, 11) is 0. The first-order valence-corrected chi connectivity index (χ1v) is 5.65. The van der Waals surface area contributed by atoms with Gasteiger partial charge in [0.25, 0.3) is 0 Å². The van der Waals surface area contributed by atoms with Crippen LogP contribution in [0.4, 0.5) is 5.82 Å². The second-order valence-corrected chi connectivity index (χ2v) is 4.08. The number of nitrogen functional groups attached to an aromatic ring is 1. The fourth-order valence-electron chi connectivity index (χ4n) is 1.29. The third-order valence-electron chi connectivity index (χ3n) is 2.04. The van der Waals surface area contributed by atoms with Crippen molar-refractivity contribution in [3.63, 3.8) is 0 Å². The highest BCUT2D eigenvalue weighted by atomic mass is 79.9. The molecule has 0 aliphatic carbocycles. The Hall–Kier alpha value is -1.66. The number of aliphatic hydroxyl groups excluding tert-OH is 1. The van der Waals surface area contributed by atoms with Crippen LogP contribution in [0.3, 0.4) is 0 Å². The largest absolute Gasteiger partial charge is 0.424 e. The van der Waals surface area contributed by atoms with E-state index in [9.17, 15) is 0 Å². The first kappa shape index (κ1) is 11.8. The van der Waals surface area contributed by atoms with Crippen LogP contribution in [-0.2, 0) is 6.61 Å². The summed E-state index contributed by atoms with van der Waals surface area (Å²) in [5.74, 6) is 0.816. The molecule has 0 saturated carbocycles. The molecule has 1 aromatic carbocycles. The lowest BCUT2D eigenvalue weighted by Crippen LogP contribution is -1.98. The van der Waals surface area contributed by atoms with E-state index in [4.69, 9.17) is 15.6 Å². The van der Waals surface area contributed by atoms with Gasteiger partial charge in [-0.25, -0.2) is 0 Å². The van der Waals surface area contributed by atoms with Crippen LogP contribution in [0.1, 0.15) is 5.56 Å².